The van der Waals surface area contributed by atoms with E-state index in [9.17, 15) is 0 Å². The molecule has 0 aliphatic carbocycles. The summed E-state index contributed by atoms with van der Waals surface area (Å²) in [4.78, 5) is 4.03. The molecule has 0 amide bonds. The van der Waals surface area contributed by atoms with E-state index in [0.29, 0.717) is 17.1 Å². The van der Waals surface area contributed by atoms with Gasteiger partial charge in [0, 0.05) is 11.8 Å². The fourth-order valence-corrected chi connectivity index (χ4v) is 1.27. The third kappa shape index (κ3) is 2.94. The van der Waals surface area contributed by atoms with Crippen LogP contribution in [0, 0.1) is 0 Å². The van der Waals surface area contributed by atoms with Crippen LogP contribution >= 0.6 is 0 Å². The fraction of sp³-hybridized carbons (Fsp3) is 0. The van der Waals surface area contributed by atoms with E-state index in [4.69, 9.17) is 5.21 Å². The van der Waals surface area contributed by atoms with Crippen LogP contribution in [0.2, 0.25) is 0 Å². The van der Waals surface area contributed by atoms with Gasteiger partial charge in [-0.05, 0) is 18.2 Å². The Balaban J connectivity index is 2.27. The second-order valence-electron chi connectivity index (χ2n) is 3.19. The highest BCUT2D eigenvalue weighted by atomic mass is 16.4. The van der Waals surface area contributed by atoms with Gasteiger partial charge in [-0.1, -0.05) is 29.4 Å². The van der Waals surface area contributed by atoms with Gasteiger partial charge in [-0.2, -0.15) is 0 Å². The number of pyridine rings is 1. The average Bonchev–Trinajstić information content (AvgIpc) is 2.39. The third-order valence-electron chi connectivity index (χ3n) is 2.04. The molecule has 17 heavy (non-hydrogen) atoms. The molecule has 0 saturated heterocycles. The van der Waals surface area contributed by atoms with Gasteiger partial charge in [-0.15, -0.1) is 10.2 Å². The van der Waals surface area contributed by atoms with Crippen LogP contribution in [0.4, 0.5) is 11.5 Å². The first-order chi connectivity index (χ1) is 8.40. The smallest absolute Gasteiger partial charge is 0.174 e. The summed E-state index contributed by atoms with van der Waals surface area (Å²) >= 11 is 0. The number of hydrogen-bond acceptors (Lipinski definition) is 5. The van der Waals surface area contributed by atoms with Crippen molar-refractivity contribution in [3.05, 3.63) is 54.2 Å². The zero-order chi connectivity index (χ0) is 11.9. The Morgan fingerprint density at radius 2 is 1.82 bits per heavy atom. The maximum absolute atomic E-state index is 8.51. The molecule has 1 N–H and O–H groups in total. The molecule has 1 aromatic carbocycles. The van der Waals surface area contributed by atoms with Crippen molar-refractivity contribution in [1.82, 2.24) is 4.98 Å². The molecule has 0 aliphatic heterocycles. The molecule has 0 spiro atoms. The van der Waals surface area contributed by atoms with Gasteiger partial charge >= 0.3 is 0 Å². The maximum Gasteiger partial charge on any atom is 0.174 e. The first kappa shape index (κ1) is 10.9. The SMILES string of the molecule is O/N=C\c1ccccc1N=Nc1ccccn1. The van der Waals surface area contributed by atoms with E-state index in [0.717, 1.165) is 0 Å². The van der Waals surface area contributed by atoms with Gasteiger partial charge in [0.1, 0.15) is 0 Å². The molecule has 0 bridgehead atoms. The van der Waals surface area contributed by atoms with Crippen molar-refractivity contribution in [2.24, 2.45) is 15.4 Å². The Hall–Kier alpha value is -2.56. The molecule has 5 heteroatoms. The van der Waals surface area contributed by atoms with Crippen molar-refractivity contribution < 1.29 is 5.21 Å². The van der Waals surface area contributed by atoms with E-state index in [-0.39, 0.29) is 0 Å². The molecule has 2 rings (SSSR count). The number of hydrogen-bond donors (Lipinski definition) is 1. The number of nitrogens with zero attached hydrogens (tertiary/aromatic N) is 4. The van der Waals surface area contributed by atoms with Crippen LogP contribution in [-0.2, 0) is 0 Å². The van der Waals surface area contributed by atoms with Crippen LogP contribution < -0.4 is 0 Å². The molecule has 1 heterocycles. The van der Waals surface area contributed by atoms with Gasteiger partial charge in [0.05, 0.1) is 11.9 Å². The van der Waals surface area contributed by atoms with E-state index in [1.807, 2.05) is 24.3 Å². The summed E-state index contributed by atoms with van der Waals surface area (Å²) in [5.74, 6) is 0.531. The van der Waals surface area contributed by atoms with Crippen molar-refractivity contribution in [2.45, 2.75) is 0 Å². The van der Waals surface area contributed by atoms with Crippen LogP contribution in [0.1, 0.15) is 5.56 Å². The van der Waals surface area contributed by atoms with E-state index in [1.54, 1.807) is 24.4 Å². The Morgan fingerprint density at radius 1 is 1.00 bits per heavy atom. The Labute approximate surface area is 98.2 Å². The molecule has 0 saturated carbocycles. The summed E-state index contributed by atoms with van der Waals surface area (Å²) in [7, 11) is 0. The Bertz CT molecular complexity index is 537. The monoisotopic (exact) mass is 226 g/mol. The van der Waals surface area contributed by atoms with E-state index in [1.165, 1.54) is 6.21 Å². The molecular formula is C12H10N4O. The molecule has 2 aromatic rings. The summed E-state index contributed by atoms with van der Waals surface area (Å²) in [6, 6.07) is 12.6. The summed E-state index contributed by atoms with van der Waals surface area (Å²) in [6.07, 6.45) is 2.96. The van der Waals surface area contributed by atoms with Crippen LogP contribution in [0.15, 0.2) is 64.0 Å². The second-order valence-corrected chi connectivity index (χ2v) is 3.19. The Kier molecular flexibility index (Phi) is 3.54. The van der Waals surface area contributed by atoms with Crippen molar-refractivity contribution in [3.63, 3.8) is 0 Å². The van der Waals surface area contributed by atoms with Gasteiger partial charge in [-0.3, -0.25) is 0 Å². The van der Waals surface area contributed by atoms with Gasteiger partial charge in [0.25, 0.3) is 0 Å². The second kappa shape index (κ2) is 5.50. The van der Waals surface area contributed by atoms with Crippen LogP contribution in [-0.4, -0.2) is 16.4 Å². The first-order valence-electron chi connectivity index (χ1n) is 4.99. The zero-order valence-electron chi connectivity index (χ0n) is 8.93. The lowest BCUT2D eigenvalue weighted by Gasteiger charge is -1.96. The minimum Gasteiger partial charge on any atom is -0.411 e. The number of rotatable bonds is 3. The molecule has 0 fully saturated rings. The lowest BCUT2D eigenvalue weighted by atomic mass is 10.2. The van der Waals surface area contributed by atoms with Crippen molar-refractivity contribution in [3.8, 4) is 0 Å². The molecule has 0 aliphatic rings. The average molecular weight is 226 g/mol. The molecule has 0 radical (unpaired) electrons. The highest BCUT2D eigenvalue weighted by Crippen LogP contribution is 2.19. The quantitative estimate of drug-likeness (QED) is 0.377. The van der Waals surface area contributed by atoms with Crippen LogP contribution in [0.3, 0.4) is 0 Å². The normalized spacial score (nSPS) is 11.3. The van der Waals surface area contributed by atoms with Crippen LogP contribution in [0.25, 0.3) is 0 Å². The number of aromatic nitrogens is 1. The van der Waals surface area contributed by atoms with Crippen molar-refractivity contribution >= 4 is 17.7 Å². The number of azo groups is 1. The molecule has 5 nitrogen and oxygen atoms in total. The molecule has 1 aromatic heterocycles. The summed E-state index contributed by atoms with van der Waals surface area (Å²) in [5, 5.41) is 19.5. The minimum absolute atomic E-state index is 0.531. The summed E-state index contributed by atoms with van der Waals surface area (Å²) < 4.78 is 0. The lowest BCUT2D eigenvalue weighted by Crippen LogP contribution is -1.80. The fourth-order valence-electron chi connectivity index (χ4n) is 1.27. The van der Waals surface area contributed by atoms with Crippen molar-refractivity contribution in [2.75, 3.05) is 0 Å². The van der Waals surface area contributed by atoms with E-state index >= 15 is 0 Å². The predicted molar refractivity (Wildman–Crippen MR) is 64.2 cm³/mol. The minimum atomic E-state index is 0.531. The number of oxime groups is 1. The molecular weight excluding hydrogens is 216 g/mol. The first-order valence-corrected chi connectivity index (χ1v) is 4.99. The maximum atomic E-state index is 8.51. The van der Waals surface area contributed by atoms with E-state index in [2.05, 4.69) is 20.4 Å². The molecule has 0 atom stereocenters. The largest absolute Gasteiger partial charge is 0.411 e. The predicted octanol–water partition coefficient (Wildman–Crippen LogP) is 3.31. The van der Waals surface area contributed by atoms with Gasteiger partial charge in [0.2, 0.25) is 0 Å². The molecule has 84 valence electrons. The number of benzene rings is 1. The standard InChI is InChI=1S/C12H10N4O/c17-14-9-10-5-1-2-6-11(10)15-16-12-7-3-4-8-13-12/h1-9,17H/b14-9-,16-15?. The van der Waals surface area contributed by atoms with Crippen molar-refractivity contribution in [1.29, 1.82) is 0 Å². The van der Waals surface area contributed by atoms with Gasteiger partial charge < -0.3 is 5.21 Å². The highest BCUT2D eigenvalue weighted by molar-refractivity contribution is 5.85. The van der Waals surface area contributed by atoms with Gasteiger partial charge in [0.15, 0.2) is 5.82 Å². The van der Waals surface area contributed by atoms with E-state index < -0.39 is 0 Å². The highest BCUT2D eigenvalue weighted by Gasteiger charge is 1.97. The zero-order valence-corrected chi connectivity index (χ0v) is 8.93. The van der Waals surface area contributed by atoms with Gasteiger partial charge in [-0.25, -0.2) is 4.98 Å². The summed E-state index contributed by atoms with van der Waals surface area (Å²) in [5.41, 5.74) is 1.31. The topological polar surface area (TPSA) is 70.2 Å². The Morgan fingerprint density at radius 3 is 2.59 bits per heavy atom. The molecule has 0 unspecified atom stereocenters. The van der Waals surface area contributed by atoms with Crippen LogP contribution in [0.5, 0.6) is 0 Å². The summed E-state index contributed by atoms with van der Waals surface area (Å²) in [6.45, 7) is 0. The lowest BCUT2D eigenvalue weighted by molar-refractivity contribution is 0.322. The third-order valence-corrected chi connectivity index (χ3v) is 2.04.